The van der Waals surface area contributed by atoms with Gasteiger partial charge in [-0.3, -0.25) is 0 Å². The van der Waals surface area contributed by atoms with Gasteiger partial charge in [0.05, 0.1) is 38.0 Å². The smallest absolute Gasteiger partial charge is 0.521 e. The Bertz CT molecular complexity index is 3280. The van der Waals surface area contributed by atoms with Crippen molar-refractivity contribution in [1.29, 1.82) is 0 Å². The molecular formula is C38H4BF21O2. The van der Waals surface area contributed by atoms with E-state index in [1.165, 1.54) is 0 Å². The molecule has 318 valence electrons. The van der Waals surface area contributed by atoms with Gasteiger partial charge in [0.15, 0.2) is 105 Å². The fourth-order valence-electron chi connectivity index (χ4n) is 6.94. The highest BCUT2D eigenvalue weighted by atomic mass is 19.2. The number of halogens is 21. The Balaban J connectivity index is 1.56. The molecule has 2 nitrogen and oxygen atoms in total. The van der Waals surface area contributed by atoms with Crippen LogP contribution in [0, 0.1) is 122 Å². The van der Waals surface area contributed by atoms with E-state index < -0.39 is 200 Å². The van der Waals surface area contributed by atoms with Gasteiger partial charge in [0.1, 0.15) is 23.2 Å². The summed E-state index contributed by atoms with van der Waals surface area (Å²) in [4.78, 5) is 0. The van der Waals surface area contributed by atoms with Crippen LogP contribution in [0.5, 0.6) is 11.5 Å². The normalized spacial score (nSPS) is 12.0. The second-order valence-electron chi connectivity index (χ2n) is 12.8. The van der Waals surface area contributed by atoms with E-state index in [0.29, 0.717) is 0 Å². The monoisotopic (exact) mass is 902 g/mol. The average Bonchev–Trinajstić information content (AvgIpc) is 3.22. The van der Waals surface area contributed by atoms with Crippen molar-refractivity contribution in [3.05, 3.63) is 146 Å². The van der Waals surface area contributed by atoms with E-state index in [-0.39, 0.29) is 24.3 Å². The molecule has 8 rings (SSSR count). The van der Waals surface area contributed by atoms with E-state index in [2.05, 4.69) is 0 Å². The molecule has 0 aliphatic rings. The van der Waals surface area contributed by atoms with E-state index in [9.17, 15) is 35.1 Å². The summed E-state index contributed by atoms with van der Waals surface area (Å²) in [6.07, 6.45) is 0. The van der Waals surface area contributed by atoms with Crippen molar-refractivity contribution in [3.63, 3.8) is 0 Å². The molecule has 0 N–H and O–H groups in total. The van der Waals surface area contributed by atoms with Gasteiger partial charge in [-0.25, -0.2) is 87.8 Å². The highest BCUT2D eigenvalue weighted by Crippen LogP contribution is 2.49. The van der Waals surface area contributed by atoms with Crippen molar-refractivity contribution in [3.8, 4) is 22.6 Å². The van der Waals surface area contributed by atoms with Crippen molar-refractivity contribution in [1.82, 2.24) is 0 Å². The van der Waals surface area contributed by atoms with Gasteiger partial charge in [0.25, 0.3) is 0 Å². The Morgan fingerprint density at radius 1 is 0.306 bits per heavy atom. The molecule has 0 atom stereocenters. The maximum absolute atomic E-state index is 16.2. The second kappa shape index (κ2) is 14.2. The number of fused-ring (bicyclic) bond motifs is 1. The lowest BCUT2D eigenvalue weighted by Gasteiger charge is -2.24. The number of hydrogen-bond donors (Lipinski definition) is 0. The maximum Gasteiger partial charge on any atom is 0.636 e. The second-order valence-corrected chi connectivity index (χ2v) is 12.8. The fourth-order valence-corrected chi connectivity index (χ4v) is 6.94. The summed E-state index contributed by atoms with van der Waals surface area (Å²) < 4.78 is 329. The molecule has 0 spiro atoms. The molecule has 0 fully saturated rings. The first kappa shape index (κ1) is 42.0. The van der Waals surface area contributed by atoms with Crippen LogP contribution in [0.4, 0.5) is 92.2 Å². The highest BCUT2D eigenvalue weighted by molar-refractivity contribution is 6.65. The summed E-state index contributed by atoms with van der Waals surface area (Å²) in [6, 6.07) is 0.632. The highest BCUT2D eigenvalue weighted by Gasteiger charge is 2.45. The van der Waals surface area contributed by atoms with Gasteiger partial charge < -0.3 is 9.31 Å². The van der Waals surface area contributed by atoms with Crippen molar-refractivity contribution in [2.75, 3.05) is 0 Å². The lowest BCUT2D eigenvalue weighted by atomic mass is 9.72. The molecule has 0 bridgehead atoms. The third kappa shape index (κ3) is 5.52. The van der Waals surface area contributed by atoms with Gasteiger partial charge in [-0.1, -0.05) is 0 Å². The predicted octanol–water partition coefficient (Wildman–Crippen LogP) is 12.2. The van der Waals surface area contributed by atoms with Crippen LogP contribution in [0.3, 0.4) is 0 Å². The van der Waals surface area contributed by atoms with Gasteiger partial charge in [0, 0.05) is 27.8 Å². The predicted molar refractivity (Wildman–Crippen MR) is 172 cm³/mol. The van der Waals surface area contributed by atoms with Crippen LogP contribution < -0.4 is 14.8 Å². The molecule has 0 aliphatic heterocycles. The molecule has 8 aromatic rings. The van der Waals surface area contributed by atoms with Crippen LogP contribution in [0.25, 0.3) is 54.2 Å². The van der Waals surface area contributed by atoms with Crippen LogP contribution in [-0.2, 0) is 0 Å². The van der Waals surface area contributed by atoms with Crippen LogP contribution in [-0.4, -0.2) is 7.12 Å². The lowest BCUT2D eigenvalue weighted by molar-refractivity contribution is 0.378. The minimum absolute atomic E-state index is 0.0224. The molecule has 0 heterocycles. The van der Waals surface area contributed by atoms with E-state index in [4.69, 9.17) is 9.31 Å². The first-order valence-electron chi connectivity index (χ1n) is 16.2. The summed E-state index contributed by atoms with van der Waals surface area (Å²) in [5, 5.41) is -14.9. The SMILES string of the molecule is Fc1cc(F)c2c(F)ccc(OB(Oc3c(F)c(F)c4c(F)c(F)c5c(F)c(F)c(F)c6c(F)c(F)c3c4c56)c3c(F)c(F)c(F)c(F)c3-c3c(F)c(F)c(F)c(F)c3F)c2c1. The molecule has 0 saturated carbocycles. The number of rotatable bonds is 6. The molecule has 62 heavy (non-hydrogen) atoms. The van der Waals surface area contributed by atoms with Crippen molar-refractivity contribution >= 4 is 55.7 Å². The third-order valence-corrected chi connectivity index (χ3v) is 9.57. The standard InChI is InChI=1S/C38H4BF21O2/c40-5-3-6-9(2-1-7(41)10(6)8(42)4-5)61-39(19-13(20(43)32(55)35(58)30(19)53)17-26(49)33(56)36(59)34(57)27(17)50)62-38-18-12-11-14(21(44)22(45)16(12)28(51)37(38)60)24(47)31(54)25(48)15(11)23(46)29(18)52/h1-4H. The maximum atomic E-state index is 16.2. The molecule has 0 unspecified atom stereocenters. The van der Waals surface area contributed by atoms with E-state index in [0.717, 1.165) is 0 Å². The first-order valence-corrected chi connectivity index (χ1v) is 16.2. The van der Waals surface area contributed by atoms with Crippen molar-refractivity contribution in [2.24, 2.45) is 0 Å². The van der Waals surface area contributed by atoms with Crippen molar-refractivity contribution < 1.29 is 102 Å². The van der Waals surface area contributed by atoms with Crippen LogP contribution in [0.2, 0.25) is 0 Å². The van der Waals surface area contributed by atoms with Gasteiger partial charge in [0.2, 0.25) is 5.82 Å². The quantitative estimate of drug-likeness (QED) is 0.0544. The Hall–Kier alpha value is -6.75. The largest absolute Gasteiger partial charge is 0.636 e. The summed E-state index contributed by atoms with van der Waals surface area (Å²) in [5.74, 6) is -62.0. The topological polar surface area (TPSA) is 18.5 Å². The lowest BCUT2D eigenvalue weighted by Crippen LogP contribution is -2.47. The molecule has 0 amide bonds. The van der Waals surface area contributed by atoms with Crippen LogP contribution in [0.1, 0.15) is 0 Å². The summed E-state index contributed by atoms with van der Waals surface area (Å²) in [7, 11) is -3.91. The van der Waals surface area contributed by atoms with Crippen LogP contribution in [0.15, 0.2) is 24.3 Å². The Labute approximate surface area is 326 Å². The third-order valence-electron chi connectivity index (χ3n) is 9.57. The molecule has 0 saturated heterocycles. The fraction of sp³-hybridized carbons (Fsp3) is 0. The summed E-state index contributed by atoms with van der Waals surface area (Å²) >= 11 is 0. The van der Waals surface area contributed by atoms with Gasteiger partial charge in [-0.15, -0.1) is 0 Å². The van der Waals surface area contributed by atoms with Crippen LogP contribution >= 0.6 is 0 Å². The minimum atomic E-state index is -3.91. The zero-order chi connectivity index (χ0) is 45.4. The average molecular weight is 902 g/mol. The molecule has 0 aromatic heterocycles. The summed E-state index contributed by atoms with van der Waals surface area (Å²) in [6.45, 7) is 0. The number of hydrogen-bond acceptors (Lipinski definition) is 2. The molecular weight excluding hydrogens is 898 g/mol. The number of benzene rings is 8. The first-order chi connectivity index (χ1) is 29.0. The Morgan fingerprint density at radius 2 is 0.710 bits per heavy atom. The van der Waals surface area contributed by atoms with E-state index in [1.54, 1.807) is 0 Å². The zero-order valence-electron chi connectivity index (χ0n) is 28.6. The molecule has 24 heteroatoms. The molecule has 0 radical (unpaired) electrons. The Morgan fingerprint density at radius 3 is 1.24 bits per heavy atom. The molecule has 0 aliphatic carbocycles. The molecule has 8 aromatic carbocycles. The van der Waals surface area contributed by atoms with Gasteiger partial charge in [-0.2, -0.15) is 4.39 Å². The Kier molecular flexibility index (Phi) is 9.58. The van der Waals surface area contributed by atoms with Crippen molar-refractivity contribution in [2.45, 2.75) is 0 Å². The van der Waals surface area contributed by atoms with Gasteiger partial charge in [-0.05, 0) is 18.2 Å². The zero-order valence-corrected chi connectivity index (χ0v) is 28.6. The minimum Gasteiger partial charge on any atom is -0.521 e. The van der Waals surface area contributed by atoms with E-state index in [1.807, 2.05) is 0 Å². The summed E-state index contributed by atoms with van der Waals surface area (Å²) in [5.41, 5.74) is -8.00. The van der Waals surface area contributed by atoms with Gasteiger partial charge >= 0.3 is 7.12 Å². The van der Waals surface area contributed by atoms with E-state index >= 15 is 57.1 Å².